The van der Waals surface area contributed by atoms with Gasteiger partial charge in [-0.05, 0) is 18.2 Å². The summed E-state index contributed by atoms with van der Waals surface area (Å²) in [5, 5.41) is 9.77. The lowest BCUT2D eigenvalue weighted by atomic mass is 9.93. The summed E-state index contributed by atoms with van der Waals surface area (Å²) < 4.78 is 43.5. The fraction of sp³-hybridized carbons (Fsp3) is 0.333. The molecule has 104 valence electrons. The molecule has 0 radical (unpaired) electrons. The summed E-state index contributed by atoms with van der Waals surface area (Å²) in [5.41, 5.74) is -3.89. The van der Waals surface area contributed by atoms with Crippen molar-refractivity contribution >= 4 is 23.2 Å². The van der Waals surface area contributed by atoms with Crippen LogP contribution < -0.4 is 0 Å². The molecule has 0 spiro atoms. The van der Waals surface area contributed by atoms with Crippen LogP contribution in [0.25, 0.3) is 0 Å². The lowest BCUT2D eigenvalue weighted by Crippen LogP contribution is -2.41. The zero-order valence-corrected chi connectivity index (χ0v) is 11.2. The summed E-state index contributed by atoms with van der Waals surface area (Å²) in [6.45, 7) is -0.243. The number of methoxy groups -OCH3 is 1. The number of halogens is 5. The van der Waals surface area contributed by atoms with E-state index in [1.165, 1.54) is 13.2 Å². The zero-order chi connectivity index (χ0) is 14.7. The predicted octanol–water partition coefficient (Wildman–Crippen LogP) is 3.39. The van der Waals surface area contributed by atoms with E-state index in [0.29, 0.717) is 0 Å². The van der Waals surface area contributed by atoms with Crippen molar-refractivity contribution < 1.29 is 23.0 Å². The molecule has 0 fully saturated rings. The maximum absolute atomic E-state index is 13.0. The molecule has 0 aliphatic heterocycles. The van der Waals surface area contributed by atoms with Gasteiger partial charge in [0.2, 0.25) is 5.60 Å². The Bertz CT molecular complexity index is 500. The highest BCUT2D eigenvalue weighted by Crippen LogP contribution is 2.40. The van der Waals surface area contributed by atoms with Crippen LogP contribution in [-0.2, 0) is 10.3 Å². The van der Waals surface area contributed by atoms with Gasteiger partial charge in [0.15, 0.2) is 0 Å². The average Bonchev–Trinajstić information content (AvgIpc) is 2.26. The summed E-state index contributed by atoms with van der Waals surface area (Å²) in [6, 6.07) is 3.18. The highest BCUT2D eigenvalue weighted by molar-refractivity contribution is 6.34. The van der Waals surface area contributed by atoms with E-state index in [1.54, 1.807) is 5.92 Å². The molecule has 0 bridgehead atoms. The first-order valence-electron chi connectivity index (χ1n) is 4.95. The first-order chi connectivity index (χ1) is 8.70. The van der Waals surface area contributed by atoms with Crippen molar-refractivity contribution in [2.45, 2.75) is 11.8 Å². The summed E-state index contributed by atoms with van der Waals surface area (Å²) >= 11 is 11.3. The van der Waals surface area contributed by atoms with Crippen LogP contribution in [0.1, 0.15) is 5.56 Å². The van der Waals surface area contributed by atoms with Crippen molar-refractivity contribution in [2.24, 2.45) is 0 Å². The standard InChI is InChI=1S/C12H9Cl2F3O2/c1-19-4-2-3-11(18,12(15,16)17)8-5-9(13)7-10(14)6-8/h5-7,18H,4H2,1H3. The fourth-order valence-electron chi connectivity index (χ4n) is 1.31. The van der Waals surface area contributed by atoms with Crippen molar-refractivity contribution in [1.29, 1.82) is 0 Å². The van der Waals surface area contributed by atoms with E-state index in [0.717, 1.165) is 12.1 Å². The third kappa shape index (κ3) is 3.77. The maximum atomic E-state index is 13.0. The molecule has 19 heavy (non-hydrogen) atoms. The number of hydrogen-bond donors (Lipinski definition) is 1. The van der Waals surface area contributed by atoms with Crippen molar-refractivity contribution in [3.63, 3.8) is 0 Å². The van der Waals surface area contributed by atoms with Crippen LogP contribution in [0.3, 0.4) is 0 Å². The van der Waals surface area contributed by atoms with Crippen LogP contribution in [0.4, 0.5) is 13.2 Å². The molecule has 2 nitrogen and oxygen atoms in total. The normalized spacial score (nSPS) is 14.5. The highest BCUT2D eigenvalue weighted by atomic mass is 35.5. The van der Waals surface area contributed by atoms with Gasteiger partial charge in [-0.1, -0.05) is 35.0 Å². The van der Waals surface area contributed by atoms with Gasteiger partial charge in [-0.2, -0.15) is 13.2 Å². The molecule has 0 heterocycles. The van der Waals surface area contributed by atoms with E-state index in [1.807, 2.05) is 0 Å². The third-order valence-electron chi connectivity index (χ3n) is 2.18. The van der Waals surface area contributed by atoms with Gasteiger partial charge in [-0.15, -0.1) is 0 Å². The van der Waals surface area contributed by atoms with Gasteiger partial charge in [-0.3, -0.25) is 0 Å². The molecule has 0 aromatic heterocycles. The van der Waals surface area contributed by atoms with E-state index in [-0.39, 0.29) is 16.7 Å². The van der Waals surface area contributed by atoms with E-state index >= 15 is 0 Å². The Morgan fingerprint density at radius 2 is 1.74 bits per heavy atom. The molecule has 1 atom stereocenters. The minimum atomic E-state index is -5.00. The first-order valence-corrected chi connectivity index (χ1v) is 5.71. The van der Waals surface area contributed by atoms with Crippen LogP contribution in [0, 0.1) is 11.8 Å². The summed E-state index contributed by atoms with van der Waals surface area (Å²) in [7, 11) is 1.28. The topological polar surface area (TPSA) is 29.5 Å². The molecule has 0 saturated heterocycles. The second-order valence-electron chi connectivity index (χ2n) is 3.60. The Morgan fingerprint density at radius 1 is 1.21 bits per heavy atom. The van der Waals surface area contributed by atoms with Gasteiger partial charge in [-0.25, -0.2) is 0 Å². The lowest BCUT2D eigenvalue weighted by Gasteiger charge is -2.26. The molecule has 1 aromatic rings. The molecule has 1 aromatic carbocycles. The fourth-order valence-corrected chi connectivity index (χ4v) is 1.83. The van der Waals surface area contributed by atoms with Crippen LogP contribution in [0.5, 0.6) is 0 Å². The lowest BCUT2D eigenvalue weighted by molar-refractivity contribution is -0.240. The number of benzene rings is 1. The largest absolute Gasteiger partial charge is 0.433 e. The summed E-state index contributed by atoms with van der Waals surface area (Å²) in [6.07, 6.45) is -5.00. The summed E-state index contributed by atoms with van der Waals surface area (Å²) in [4.78, 5) is 0. The van der Waals surface area contributed by atoms with Crippen LogP contribution >= 0.6 is 23.2 Å². The number of aliphatic hydroxyl groups is 1. The maximum Gasteiger partial charge on any atom is 0.433 e. The van der Waals surface area contributed by atoms with E-state index in [4.69, 9.17) is 23.2 Å². The predicted molar refractivity (Wildman–Crippen MR) is 66.1 cm³/mol. The number of rotatable bonds is 2. The second kappa shape index (κ2) is 6.02. The quantitative estimate of drug-likeness (QED) is 0.848. The average molecular weight is 313 g/mol. The molecule has 0 aliphatic carbocycles. The van der Waals surface area contributed by atoms with Gasteiger partial charge in [0, 0.05) is 22.7 Å². The van der Waals surface area contributed by atoms with Crippen LogP contribution in [0.2, 0.25) is 10.0 Å². The molecular formula is C12H9Cl2F3O2. The van der Waals surface area contributed by atoms with Gasteiger partial charge in [0.05, 0.1) is 0 Å². The number of alkyl halides is 3. The van der Waals surface area contributed by atoms with Crippen LogP contribution in [-0.4, -0.2) is 25.0 Å². The number of hydrogen-bond acceptors (Lipinski definition) is 2. The Balaban J connectivity index is 3.36. The monoisotopic (exact) mass is 312 g/mol. The van der Waals surface area contributed by atoms with E-state index in [2.05, 4.69) is 10.7 Å². The van der Waals surface area contributed by atoms with Crippen molar-refractivity contribution in [3.8, 4) is 11.8 Å². The molecule has 1 N–H and O–H groups in total. The Morgan fingerprint density at radius 3 is 2.16 bits per heavy atom. The zero-order valence-electron chi connectivity index (χ0n) is 9.68. The second-order valence-corrected chi connectivity index (χ2v) is 4.47. The first kappa shape index (κ1) is 16.1. The van der Waals surface area contributed by atoms with E-state index < -0.39 is 17.3 Å². The van der Waals surface area contributed by atoms with Gasteiger partial charge >= 0.3 is 6.18 Å². The molecule has 7 heteroatoms. The number of ether oxygens (including phenoxy) is 1. The molecule has 0 amide bonds. The smallest absolute Gasteiger partial charge is 0.372 e. The molecule has 1 unspecified atom stereocenters. The van der Waals surface area contributed by atoms with Crippen molar-refractivity contribution in [2.75, 3.05) is 13.7 Å². The Labute approximate surface area is 118 Å². The minimum Gasteiger partial charge on any atom is -0.372 e. The molecule has 1 rings (SSSR count). The van der Waals surface area contributed by atoms with Gasteiger partial charge < -0.3 is 9.84 Å². The van der Waals surface area contributed by atoms with Crippen molar-refractivity contribution in [1.82, 2.24) is 0 Å². The summed E-state index contributed by atoms with van der Waals surface area (Å²) in [5.74, 6) is 3.84. The Hall–Kier alpha value is -0.930. The van der Waals surface area contributed by atoms with Gasteiger partial charge in [0.1, 0.15) is 6.61 Å². The van der Waals surface area contributed by atoms with Crippen molar-refractivity contribution in [3.05, 3.63) is 33.8 Å². The van der Waals surface area contributed by atoms with Crippen LogP contribution in [0.15, 0.2) is 18.2 Å². The van der Waals surface area contributed by atoms with Gasteiger partial charge in [0.25, 0.3) is 0 Å². The molecule has 0 saturated carbocycles. The SMILES string of the molecule is COCC#CC(O)(c1cc(Cl)cc(Cl)c1)C(F)(F)F. The minimum absolute atomic E-state index is 0.0290. The Kier molecular flexibility index (Phi) is 5.11. The third-order valence-corrected chi connectivity index (χ3v) is 2.61. The van der Waals surface area contributed by atoms with E-state index in [9.17, 15) is 18.3 Å². The molecular weight excluding hydrogens is 304 g/mol. The molecule has 0 aliphatic rings. The highest BCUT2D eigenvalue weighted by Gasteiger charge is 2.54.